The van der Waals surface area contributed by atoms with E-state index in [0.29, 0.717) is 6.61 Å². The van der Waals surface area contributed by atoms with Gasteiger partial charge in [-0.2, -0.15) is 0 Å². The molecule has 3 aromatic rings. The number of likely N-dealkylation sites (N-methyl/N-ethyl adjacent to an activating group) is 1. The van der Waals surface area contributed by atoms with Gasteiger partial charge in [0.25, 0.3) is 5.91 Å². The Hall–Kier alpha value is -2.83. The van der Waals surface area contributed by atoms with Crippen LogP contribution in [0.2, 0.25) is 0 Å². The fraction of sp³-hybridized carbons (Fsp3) is 0.292. The lowest BCUT2D eigenvalue weighted by atomic mass is 10.0. The first kappa shape index (κ1) is 19.2. The van der Waals surface area contributed by atoms with E-state index in [1.54, 1.807) is 11.3 Å². The first-order chi connectivity index (χ1) is 14.7. The SMILES string of the molecule is CCN1CCc2c(sc3c2C(=O)N[C@@H](c2cccc(OCc4ccccc4)c2)N3)C1. The summed E-state index contributed by atoms with van der Waals surface area (Å²) in [6.07, 6.45) is 0.685. The number of rotatable bonds is 5. The van der Waals surface area contributed by atoms with E-state index in [1.807, 2.05) is 54.6 Å². The predicted octanol–water partition coefficient (Wildman–Crippen LogP) is 4.56. The maximum absolute atomic E-state index is 13.0. The van der Waals surface area contributed by atoms with Crippen molar-refractivity contribution in [1.82, 2.24) is 10.2 Å². The Bertz CT molecular complexity index is 1060. The second kappa shape index (κ2) is 8.13. The van der Waals surface area contributed by atoms with Gasteiger partial charge in [-0.3, -0.25) is 9.69 Å². The molecule has 154 valence electrons. The van der Waals surface area contributed by atoms with Crippen LogP contribution in [0.4, 0.5) is 5.00 Å². The maximum Gasteiger partial charge on any atom is 0.256 e. The van der Waals surface area contributed by atoms with Crippen molar-refractivity contribution >= 4 is 22.2 Å². The number of carbonyl (C=O) groups excluding carboxylic acids is 1. The first-order valence-corrected chi connectivity index (χ1v) is 11.2. The Morgan fingerprint density at radius 3 is 2.83 bits per heavy atom. The minimum absolute atomic E-state index is 0.0202. The van der Waals surface area contributed by atoms with Crippen molar-refractivity contribution in [3.05, 3.63) is 81.7 Å². The van der Waals surface area contributed by atoms with Gasteiger partial charge in [0.15, 0.2) is 0 Å². The van der Waals surface area contributed by atoms with Gasteiger partial charge in [-0.05, 0) is 41.8 Å². The van der Waals surface area contributed by atoms with Crippen molar-refractivity contribution in [1.29, 1.82) is 0 Å². The van der Waals surface area contributed by atoms with Gasteiger partial charge < -0.3 is 15.4 Å². The largest absolute Gasteiger partial charge is 0.489 e. The fourth-order valence-corrected chi connectivity index (χ4v) is 5.45. The quantitative estimate of drug-likeness (QED) is 0.637. The first-order valence-electron chi connectivity index (χ1n) is 10.4. The van der Waals surface area contributed by atoms with Gasteiger partial charge in [0.2, 0.25) is 0 Å². The van der Waals surface area contributed by atoms with Crippen molar-refractivity contribution in [2.75, 3.05) is 18.4 Å². The van der Waals surface area contributed by atoms with Crippen LogP contribution in [-0.2, 0) is 19.6 Å². The summed E-state index contributed by atoms with van der Waals surface area (Å²) >= 11 is 1.73. The third kappa shape index (κ3) is 3.68. The molecule has 1 amide bonds. The van der Waals surface area contributed by atoms with Crippen LogP contribution in [0.5, 0.6) is 5.75 Å². The van der Waals surface area contributed by atoms with Crippen LogP contribution >= 0.6 is 11.3 Å². The number of anilines is 1. The lowest BCUT2D eigenvalue weighted by Gasteiger charge is -2.28. The van der Waals surface area contributed by atoms with E-state index in [2.05, 4.69) is 22.5 Å². The molecule has 0 aliphatic carbocycles. The van der Waals surface area contributed by atoms with Crippen LogP contribution in [-0.4, -0.2) is 23.9 Å². The number of hydrogen-bond donors (Lipinski definition) is 2. The van der Waals surface area contributed by atoms with Crippen LogP contribution in [0.15, 0.2) is 54.6 Å². The molecule has 2 aliphatic heterocycles. The molecule has 2 N–H and O–H groups in total. The maximum atomic E-state index is 13.0. The van der Waals surface area contributed by atoms with E-state index in [9.17, 15) is 4.79 Å². The molecule has 0 unspecified atom stereocenters. The van der Waals surface area contributed by atoms with E-state index < -0.39 is 0 Å². The smallest absolute Gasteiger partial charge is 0.256 e. The summed E-state index contributed by atoms with van der Waals surface area (Å²) < 4.78 is 5.97. The molecule has 5 rings (SSSR count). The molecule has 1 atom stereocenters. The van der Waals surface area contributed by atoms with Crippen LogP contribution in [0, 0.1) is 0 Å². The van der Waals surface area contributed by atoms with Crippen molar-refractivity contribution in [2.45, 2.75) is 32.7 Å². The standard InChI is InChI=1S/C24H25N3O2S/c1-2-27-12-11-19-20(14-27)30-24-21(19)23(28)25-22(26-24)17-9-6-10-18(13-17)29-15-16-7-4-3-5-8-16/h3-10,13,22,26H,2,11-12,14-15H2,1H3,(H,25,28)/t22-/m1/s1. The summed E-state index contributed by atoms with van der Waals surface area (Å²) in [6, 6.07) is 18.0. The molecule has 5 nitrogen and oxygen atoms in total. The molecule has 6 heteroatoms. The molecule has 0 saturated heterocycles. The fourth-order valence-electron chi connectivity index (χ4n) is 4.13. The Kier molecular flexibility index (Phi) is 5.19. The summed E-state index contributed by atoms with van der Waals surface area (Å²) in [7, 11) is 0. The molecule has 3 heterocycles. The second-order valence-corrected chi connectivity index (χ2v) is 8.83. The summed E-state index contributed by atoms with van der Waals surface area (Å²) in [5, 5.41) is 7.67. The monoisotopic (exact) mass is 419 g/mol. The summed E-state index contributed by atoms with van der Waals surface area (Å²) in [6.45, 7) is 5.70. The third-order valence-corrected chi connectivity index (χ3v) is 6.95. The number of hydrogen-bond acceptors (Lipinski definition) is 5. The van der Waals surface area contributed by atoms with Gasteiger partial charge in [-0.15, -0.1) is 11.3 Å². The van der Waals surface area contributed by atoms with Crippen molar-refractivity contribution < 1.29 is 9.53 Å². The number of benzene rings is 2. The van der Waals surface area contributed by atoms with Gasteiger partial charge in [0.1, 0.15) is 23.5 Å². The number of thiophene rings is 1. The van der Waals surface area contributed by atoms with Crippen LogP contribution < -0.4 is 15.4 Å². The summed E-state index contributed by atoms with van der Waals surface area (Å²) in [5.41, 5.74) is 4.18. The van der Waals surface area contributed by atoms with Crippen molar-refractivity contribution in [3.63, 3.8) is 0 Å². The highest BCUT2D eigenvalue weighted by molar-refractivity contribution is 7.16. The van der Waals surface area contributed by atoms with E-state index in [1.165, 1.54) is 10.4 Å². The molecule has 0 spiro atoms. The van der Waals surface area contributed by atoms with Gasteiger partial charge in [0.05, 0.1) is 5.56 Å². The third-order valence-electron chi connectivity index (χ3n) is 5.80. The van der Waals surface area contributed by atoms with Crippen molar-refractivity contribution in [2.24, 2.45) is 0 Å². The molecule has 2 aliphatic rings. The number of carbonyl (C=O) groups is 1. The summed E-state index contributed by atoms with van der Waals surface area (Å²) in [5.74, 6) is 0.814. The normalized spacial score (nSPS) is 18.2. The zero-order valence-electron chi connectivity index (χ0n) is 17.0. The molecule has 0 fully saturated rings. The average molecular weight is 420 g/mol. The number of ether oxygens (including phenoxy) is 1. The van der Waals surface area contributed by atoms with Gasteiger partial charge in [-0.1, -0.05) is 49.4 Å². The second-order valence-electron chi connectivity index (χ2n) is 7.72. The van der Waals surface area contributed by atoms with Crippen molar-refractivity contribution in [3.8, 4) is 5.75 Å². The predicted molar refractivity (Wildman–Crippen MR) is 120 cm³/mol. The summed E-state index contributed by atoms with van der Waals surface area (Å²) in [4.78, 5) is 16.7. The lowest BCUT2D eigenvalue weighted by Crippen LogP contribution is -2.38. The number of fused-ring (bicyclic) bond motifs is 3. The molecule has 30 heavy (non-hydrogen) atoms. The van der Waals surface area contributed by atoms with Crippen LogP contribution in [0.3, 0.4) is 0 Å². The molecular formula is C24H25N3O2S. The van der Waals surface area contributed by atoms with E-state index >= 15 is 0 Å². The molecule has 0 bridgehead atoms. The minimum atomic E-state index is -0.257. The number of nitrogens with zero attached hydrogens (tertiary/aromatic N) is 1. The minimum Gasteiger partial charge on any atom is -0.489 e. The van der Waals surface area contributed by atoms with E-state index in [0.717, 1.165) is 53.5 Å². The van der Waals surface area contributed by atoms with E-state index in [-0.39, 0.29) is 12.1 Å². The Labute approximate surface area is 180 Å². The Morgan fingerprint density at radius 2 is 2.00 bits per heavy atom. The Morgan fingerprint density at radius 1 is 1.13 bits per heavy atom. The topological polar surface area (TPSA) is 53.6 Å². The molecule has 2 aromatic carbocycles. The highest BCUT2D eigenvalue weighted by Gasteiger charge is 2.33. The highest BCUT2D eigenvalue weighted by Crippen LogP contribution is 2.40. The van der Waals surface area contributed by atoms with Crippen LogP contribution in [0.25, 0.3) is 0 Å². The zero-order chi connectivity index (χ0) is 20.5. The average Bonchev–Trinajstić information content (AvgIpc) is 3.16. The number of amides is 1. The molecular weight excluding hydrogens is 394 g/mol. The molecule has 0 radical (unpaired) electrons. The zero-order valence-corrected chi connectivity index (χ0v) is 17.8. The van der Waals surface area contributed by atoms with Gasteiger partial charge in [-0.25, -0.2) is 0 Å². The lowest BCUT2D eigenvalue weighted by molar-refractivity contribution is 0.0934. The number of nitrogens with one attached hydrogen (secondary N) is 2. The molecule has 1 aromatic heterocycles. The highest BCUT2D eigenvalue weighted by atomic mass is 32.1. The van der Waals surface area contributed by atoms with Gasteiger partial charge >= 0.3 is 0 Å². The Balaban J connectivity index is 1.34. The van der Waals surface area contributed by atoms with E-state index in [4.69, 9.17) is 4.74 Å². The van der Waals surface area contributed by atoms with Crippen LogP contribution in [0.1, 0.15) is 45.0 Å². The molecule has 0 saturated carbocycles. The van der Waals surface area contributed by atoms with Gasteiger partial charge in [0, 0.05) is 18.0 Å².